The quantitative estimate of drug-likeness (QED) is 0.553. The lowest BCUT2D eigenvalue weighted by atomic mass is 10.1. The Bertz CT molecular complexity index is 322. The maximum Gasteiger partial charge on any atom is 0.166 e. The molecule has 1 aromatic rings. The first-order valence-electron chi connectivity index (χ1n) is 3.96. The highest BCUT2D eigenvalue weighted by Gasteiger charge is 2.09. The van der Waals surface area contributed by atoms with Crippen molar-refractivity contribution in [1.29, 1.82) is 0 Å². The topological polar surface area (TPSA) is 37.3 Å². The monoisotopic (exact) mass is 174 g/mol. The second-order valence-corrected chi connectivity index (χ2v) is 2.68. The van der Waals surface area contributed by atoms with Gasteiger partial charge in [0, 0.05) is 12.0 Å². The normalized spacial score (nSPS) is 11.7. The summed E-state index contributed by atoms with van der Waals surface area (Å²) < 4.78 is 0. The maximum absolute atomic E-state index is 11.4. The van der Waals surface area contributed by atoms with E-state index in [1.807, 2.05) is 6.07 Å². The highest BCUT2D eigenvalue weighted by Crippen LogP contribution is 2.04. The molecule has 0 aromatic heterocycles. The van der Waals surface area contributed by atoms with Crippen molar-refractivity contribution in [2.24, 2.45) is 0 Å². The second kappa shape index (κ2) is 4.44. The van der Waals surface area contributed by atoms with E-state index in [-0.39, 0.29) is 12.2 Å². The summed E-state index contributed by atoms with van der Waals surface area (Å²) in [4.78, 5) is 11.4. The van der Waals surface area contributed by atoms with E-state index in [0.717, 1.165) is 0 Å². The molecule has 0 amide bonds. The van der Waals surface area contributed by atoms with Crippen molar-refractivity contribution in [3.8, 4) is 12.3 Å². The van der Waals surface area contributed by atoms with E-state index in [1.54, 1.807) is 24.3 Å². The Kier molecular flexibility index (Phi) is 3.24. The number of aliphatic hydroxyl groups is 1. The highest BCUT2D eigenvalue weighted by molar-refractivity contribution is 5.96. The number of terminal acetylenes is 1. The Morgan fingerprint density at radius 3 is 2.62 bits per heavy atom. The lowest BCUT2D eigenvalue weighted by Gasteiger charge is -2.01. The summed E-state index contributed by atoms with van der Waals surface area (Å²) >= 11 is 0. The third-order valence-corrected chi connectivity index (χ3v) is 1.67. The predicted molar refractivity (Wildman–Crippen MR) is 50.2 cm³/mol. The van der Waals surface area contributed by atoms with Gasteiger partial charge in [-0.15, -0.1) is 6.42 Å². The van der Waals surface area contributed by atoms with Gasteiger partial charge in [0.2, 0.25) is 0 Å². The van der Waals surface area contributed by atoms with Gasteiger partial charge in [0.1, 0.15) is 6.10 Å². The number of Topliss-reactive ketones (excluding diaryl/α,β-unsaturated/α-hetero) is 1. The number of ketones is 1. The molecule has 66 valence electrons. The van der Waals surface area contributed by atoms with Gasteiger partial charge < -0.3 is 5.11 Å². The van der Waals surface area contributed by atoms with Crippen LogP contribution in [0.4, 0.5) is 0 Å². The molecule has 1 aromatic carbocycles. The average Bonchev–Trinajstić information content (AvgIpc) is 2.19. The van der Waals surface area contributed by atoms with Gasteiger partial charge in [-0.25, -0.2) is 0 Å². The van der Waals surface area contributed by atoms with Crippen LogP contribution in [0.3, 0.4) is 0 Å². The van der Waals surface area contributed by atoms with E-state index in [2.05, 4.69) is 5.92 Å². The van der Waals surface area contributed by atoms with E-state index >= 15 is 0 Å². The Morgan fingerprint density at radius 1 is 1.46 bits per heavy atom. The molecule has 0 aliphatic rings. The van der Waals surface area contributed by atoms with Gasteiger partial charge in [-0.2, -0.15) is 0 Å². The van der Waals surface area contributed by atoms with Crippen molar-refractivity contribution in [2.45, 2.75) is 12.5 Å². The standard InChI is InChI=1S/C11H10O2/c1-2-10(12)8-11(13)9-6-4-3-5-7-9/h1,3-7,10,12H,8H2/t10-/m1/s1. The molecule has 0 bridgehead atoms. The van der Waals surface area contributed by atoms with Gasteiger partial charge in [0.25, 0.3) is 0 Å². The molecule has 0 aliphatic carbocycles. The number of carbonyl (C=O) groups excluding carboxylic acids is 1. The third-order valence-electron chi connectivity index (χ3n) is 1.67. The minimum atomic E-state index is -0.979. The lowest BCUT2D eigenvalue weighted by molar-refractivity contribution is 0.0928. The van der Waals surface area contributed by atoms with Gasteiger partial charge in [-0.05, 0) is 0 Å². The Morgan fingerprint density at radius 2 is 2.08 bits per heavy atom. The van der Waals surface area contributed by atoms with Crippen LogP contribution < -0.4 is 0 Å². The molecule has 0 spiro atoms. The van der Waals surface area contributed by atoms with Crippen LogP contribution in [0.2, 0.25) is 0 Å². The number of aliphatic hydroxyl groups excluding tert-OH is 1. The van der Waals surface area contributed by atoms with Crippen LogP contribution in [0.25, 0.3) is 0 Å². The number of carbonyl (C=O) groups is 1. The van der Waals surface area contributed by atoms with E-state index in [4.69, 9.17) is 11.5 Å². The molecule has 0 heterocycles. The fraction of sp³-hybridized carbons (Fsp3) is 0.182. The number of rotatable bonds is 3. The number of hydrogen-bond donors (Lipinski definition) is 1. The molecular formula is C11H10O2. The van der Waals surface area contributed by atoms with Crippen LogP contribution in [0.1, 0.15) is 16.8 Å². The average molecular weight is 174 g/mol. The van der Waals surface area contributed by atoms with Gasteiger partial charge >= 0.3 is 0 Å². The summed E-state index contributed by atoms with van der Waals surface area (Å²) in [6.07, 6.45) is 3.95. The molecule has 0 radical (unpaired) electrons. The van der Waals surface area contributed by atoms with Crippen LogP contribution in [0, 0.1) is 12.3 Å². The summed E-state index contributed by atoms with van der Waals surface area (Å²) in [5.74, 6) is 1.97. The zero-order chi connectivity index (χ0) is 9.68. The van der Waals surface area contributed by atoms with Crippen LogP contribution in [-0.4, -0.2) is 17.0 Å². The van der Waals surface area contributed by atoms with E-state index in [1.165, 1.54) is 0 Å². The van der Waals surface area contributed by atoms with Crippen LogP contribution in [-0.2, 0) is 0 Å². The van der Waals surface area contributed by atoms with Gasteiger partial charge in [0.05, 0.1) is 0 Å². The first-order valence-corrected chi connectivity index (χ1v) is 3.96. The minimum absolute atomic E-state index is 0.0134. The fourth-order valence-electron chi connectivity index (χ4n) is 0.976. The van der Waals surface area contributed by atoms with Crippen molar-refractivity contribution < 1.29 is 9.90 Å². The molecule has 0 unspecified atom stereocenters. The van der Waals surface area contributed by atoms with Crippen molar-refractivity contribution >= 4 is 5.78 Å². The number of benzene rings is 1. The third kappa shape index (κ3) is 2.73. The van der Waals surface area contributed by atoms with Gasteiger partial charge in [-0.1, -0.05) is 36.3 Å². The smallest absolute Gasteiger partial charge is 0.166 e. The molecule has 0 saturated heterocycles. The largest absolute Gasteiger partial charge is 0.380 e. The molecule has 1 rings (SSSR count). The van der Waals surface area contributed by atoms with E-state index in [0.29, 0.717) is 5.56 Å². The van der Waals surface area contributed by atoms with Crippen molar-refractivity contribution in [3.63, 3.8) is 0 Å². The van der Waals surface area contributed by atoms with Crippen molar-refractivity contribution in [2.75, 3.05) is 0 Å². The van der Waals surface area contributed by atoms with Gasteiger partial charge in [-0.3, -0.25) is 4.79 Å². The Labute approximate surface area is 77.2 Å². The van der Waals surface area contributed by atoms with Crippen LogP contribution >= 0.6 is 0 Å². The Balaban J connectivity index is 2.66. The lowest BCUT2D eigenvalue weighted by Crippen LogP contribution is -2.10. The number of hydrogen-bond acceptors (Lipinski definition) is 2. The molecule has 2 nitrogen and oxygen atoms in total. The summed E-state index contributed by atoms with van der Waals surface area (Å²) in [5, 5.41) is 9.03. The molecule has 0 saturated carbocycles. The molecule has 13 heavy (non-hydrogen) atoms. The fourth-order valence-corrected chi connectivity index (χ4v) is 0.976. The second-order valence-electron chi connectivity index (χ2n) is 2.68. The zero-order valence-electron chi connectivity index (χ0n) is 7.10. The highest BCUT2D eigenvalue weighted by atomic mass is 16.3. The molecule has 2 heteroatoms. The van der Waals surface area contributed by atoms with Gasteiger partial charge in [0.15, 0.2) is 5.78 Å². The molecule has 1 N–H and O–H groups in total. The summed E-state index contributed by atoms with van der Waals surface area (Å²) in [7, 11) is 0. The SMILES string of the molecule is C#C[C@@H](O)CC(=O)c1ccccc1. The van der Waals surface area contributed by atoms with E-state index in [9.17, 15) is 4.79 Å². The predicted octanol–water partition coefficient (Wildman–Crippen LogP) is 1.25. The molecular weight excluding hydrogens is 164 g/mol. The van der Waals surface area contributed by atoms with Crippen LogP contribution in [0.15, 0.2) is 30.3 Å². The summed E-state index contributed by atoms with van der Waals surface area (Å²) in [5.41, 5.74) is 0.580. The van der Waals surface area contributed by atoms with E-state index < -0.39 is 6.10 Å². The maximum atomic E-state index is 11.4. The first-order chi connectivity index (χ1) is 6.24. The first kappa shape index (κ1) is 9.50. The molecule has 0 fully saturated rings. The Hall–Kier alpha value is -1.59. The van der Waals surface area contributed by atoms with Crippen LogP contribution in [0.5, 0.6) is 0 Å². The summed E-state index contributed by atoms with van der Waals surface area (Å²) in [6, 6.07) is 8.77. The van der Waals surface area contributed by atoms with Crippen molar-refractivity contribution in [1.82, 2.24) is 0 Å². The minimum Gasteiger partial charge on any atom is -0.380 e. The summed E-state index contributed by atoms with van der Waals surface area (Å²) in [6.45, 7) is 0. The molecule has 1 atom stereocenters. The van der Waals surface area contributed by atoms with Crippen molar-refractivity contribution in [3.05, 3.63) is 35.9 Å². The zero-order valence-corrected chi connectivity index (χ0v) is 7.10. The molecule has 0 aliphatic heterocycles.